The van der Waals surface area contributed by atoms with E-state index in [1.807, 2.05) is 15.7 Å². The molecular weight excluding hydrogens is 615 g/mol. The van der Waals surface area contributed by atoms with Crippen molar-refractivity contribution in [1.29, 1.82) is 0 Å². The molecule has 0 aliphatic rings. The van der Waals surface area contributed by atoms with Crippen molar-refractivity contribution in [3.05, 3.63) is 29.3 Å². The third-order valence-electron chi connectivity index (χ3n) is 8.60. The molecule has 0 aliphatic carbocycles. The SMILES string of the molecule is COOCCOCCN(C(=O)CCC(C)(C)SSC)c1cc(CO[Si](C)(C)C(C)(C)C)cc(CO[Si](C)(C)C(C)(C)C)c1. The lowest BCUT2D eigenvalue weighted by atomic mass is 10.1. The third-order valence-corrected chi connectivity index (χ3v) is 20.2. The van der Waals surface area contributed by atoms with Crippen LogP contribution >= 0.6 is 21.6 Å². The monoisotopic (exact) mass is 675 g/mol. The highest BCUT2D eigenvalue weighted by molar-refractivity contribution is 8.76. The molecule has 11 heteroatoms. The fourth-order valence-corrected chi connectivity index (χ4v) is 7.83. The van der Waals surface area contributed by atoms with Crippen LogP contribution in [0.15, 0.2) is 18.2 Å². The molecule has 0 N–H and O–H groups in total. The Balaban J connectivity index is 3.42. The van der Waals surface area contributed by atoms with E-state index in [0.717, 1.165) is 23.2 Å². The Bertz CT molecular complexity index is 945. The van der Waals surface area contributed by atoms with Crippen LogP contribution in [0.3, 0.4) is 0 Å². The lowest BCUT2D eigenvalue weighted by molar-refractivity contribution is -0.277. The Morgan fingerprint density at radius 3 is 1.77 bits per heavy atom. The van der Waals surface area contributed by atoms with Gasteiger partial charge in [0.05, 0.1) is 33.5 Å². The van der Waals surface area contributed by atoms with E-state index in [2.05, 4.69) is 111 Å². The molecule has 0 aromatic heterocycles. The van der Waals surface area contributed by atoms with Gasteiger partial charge in [0.25, 0.3) is 0 Å². The van der Waals surface area contributed by atoms with Crippen LogP contribution in [-0.4, -0.2) is 67.0 Å². The lowest BCUT2D eigenvalue weighted by Crippen LogP contribution is -2.40. The fourth-order valence-electron chi connectivity index (χ4n) is 3.67. The van der Waals surface area contributed by atoms with Gasteiger partial charge in [-0.2, -0.15) is 0 Å². The fraction of sp³-hybridized carbons (Fsp3) is 0.781. The topological polar surface area (TPSA) is 66.5 Å². The number of hydrogen-bond acceptors (Lipinski definition) is 8. The predicted octanol–water partition coefficient (Wildman–Crippen LogP) is 9.23. The maximum absolute atomic E-state index is 13.8. The molecule has 0 saturated carbocycles. The maximum atomic E-state index is 13.8. The van der Waals surface area contributed by atoms with E-state index in [9.17, 15) is 4.79 Å². The molecule has 7 nitrogen and oxygen atoms in total. The molecule has 0 spiro atoms. The Morgan fingerprint density at radius 2 is 1.33 bits per heavy atom. The quantitative estimate of drug-likeness (QED) is 0.0473. The molecule has 0 aliphatic heterocycles. The number of amides is 1. The van der Waals surface area contributed by atoms with Gasteiger partial charge in [0.15, 0.2) is 16.6 Å². The summed E-state index contributed by atoms with van der Waals surface area (Å²) < 4.78 is 19.1. The molecule has 0 heterocycles. The summed E-state index contributed by atoms with van der Waals surface area (Å²) in [7, 11) is 1.08. The van der Waals surface area contributed by atoms with Crippen molar-refractivity contribution in [2.45, 2.75) is 122 Å². The van der Waals surface area contributed by atoms with Crippen molar-refractivity contribution in [3.8, 4) is 0 Å². The van der Waals surface area contributed by atoms with E-state index < -0.39 is 16.6 Å². The molecule has 1 aromatic carbocycles. The number of anilines is 1. The van der Waals surface area contributed by atoms with Gasteiger partial charge in [-0.15, -0.1) is 0 Å². The average molecular weight is 676 g/mol. The van der Waals surface area contributed by atoms with Gasteiger partial charge >= 0.3 is 0 Å². The molecule has 0 fully saturated rings. The lowest BCUT2D eigenvalue weighted by Gasteiger charge is -2.37. The first kappa shape index (κ1) is 40.6. The number of ether oxygens (including phenoxy) is 1. The van der Waals surface area contributed by atoms with Crippen LogP contribution < -0.4 is 4.90 Å². The molecule has 1 rings (SSSR count). The molecule has 43 heavy (non-hydrogen) atoms. The van der Waals surface area contributed by atoms with Gasteiger partial charge in [-0.1, -0.05) is 69.2 Å². The second-order valence-electron chi connectivity index (χ2n) is 14.8. The van der Waals surface area contributed by atoms with E-state index in [-0.39, 0.29) is 20.7 Å². The van der Waals surface area contributed by atoms with Crippen molar-refractivity contribution in [2.75, 3.05) is 44.6 Å². The highest BCUT2D eigenvalue weighted by Crippen LogP contribution is 2.39. The zero-order valence-corrected chi connectivity index (χ0v) is 33.2. The van der Waals surface area contributed by atoms with Gasteiger partial charge in [0.1, 0.15) is 6.61 Å². The van der Waals surface area contributed by atoms with Crippen molar-refractivity contribution in [2.24, 2.45) is 0 Å². The molecule has 0 bridgehead atoms. The van der Waals surface area contributed by atoms with Crippen LogP contribution in [0.2, 0.25) is 36.3 Å². The average Bonchev–Trinajstić information content (AvgIpc) is 2.88. The van der Waals surface area contributed by atoms with Crippen molar-refractivity contribution in [3.63, 3.8) is 0 Å². The van der Waals surface area contributed by atoms with Gasteiger partial charge in [0.2, 0.25) is 5.91 Å². The summed E-state index contributed by atoms with van der Waals surface area (Å²) in [4.78, 5) is 25.3. The van der Waals surface area contributed by atoms with E-state index in [4.69, 9.17) is 18.5 Å². The Morgan fingerprint density at radius 1 is 0.814 bits per heavy atom. The minimum atomic E-state index is -1.97. The Labute approximate surface area is 273 Å². The molecule has 1 aromatic rings. The molecule has 1 amide bonds. The highest BCUT2D eigenvalue weighted by atomic mass is 33.1. The Kier molecular flexibility index (Phi) is 16.6. The van der Waals surface area contributed by atoms with Crippen LogP contribution in [0.1, 0.15) is 79.4 Å². The van der Waals surface area contributed by atoms with E-state index in [1.54, 1.807) is 10.8 Å². The summed E-state index contributed by atoms with van der Waals surface area (Å²) >= 11 is 0. The molecule has 0 atom stereocenters. The summed E-state index contributed by atoms with van der Waals surface area (Å²) in [6, 6.07) is 6.40. The largest absolute Gasteiger partial charge is 0.413 e. The number of carbonyl (C=O) groups is 1. The minimum Gasteiger partial charge on any atom is -0.413 e. The molecule has 0 saturated heterocycles. The first-order valence-corrected chi connectivity index (χ1v) is 23.7. The van der Waals surface area contributed by atoms with Crippen LogP contribution in [0, 0.1) is 0 Å². The number of nitrogens with zero attached hydrogens (tertiary/aromatic N) is 1. The van der Waals surface area contributed by atoms with Crippen LogP contribution in [0.4, 0.5) is 5.69 Å². The highest BCUT2D eigenvalue weighted by Gasteiger charge is 2.38. The van der Waals surface area contributed by atoms with Gasteiger partial charge in [-0.3, -0.25) is 4.79 Å². The minimum absolute atomic E-state index is 0.00421. The number of carbonyl (C=O) groups excluding carboxylic acids is 1. The standard InChI is InChI=1S/C32H61NO6S2Si2/c1-30(2,3)42(11,12)38-24-26-21-27(25-39-43(13,14)31(4,5)6)23-28(22-26)33(17-18-36-19-20-37-35-9)29(34)15-16-32(7,8)41-40-10/h21-23H,15-20,24-25H2,1-14H3. The zero-order valence-electron chi connectivity index (χ0n) is 29.6. The summed E-state index contributed by atoms with van der Waals surface area (Å²) in [5.41, 5.74) is 2.98. The number of rotatable bonds is 19. The van der Waals surface area contributed by atoms with Crippen LogP contribution in [0.25, 0.3) is 0 Å². The third kappa shape index (κ3) is 14.3. The van der Waals surface area contributed by atoms with E-state index in [1.165, 1.54) is 7.11 Å². The van der Waals surface area contributed by atoms with Crippen LogP contribution in [-0.2, 0) is 41.4 Å². The molecular formula is C32H61NO6S2Si2. The summed E-state index contributed by atoms with van der Waals surface area (Å²) in [5.74, 6) is 0.0882. The summed E-state index contributed by atoms with van der Waals surface area (Å²) in [6.45, 7) is 29.5. The first-order valence-electron chi connectivity index (χ1n) is 15.3. The smallest absolute Gasteiger partial charge is 0.227 e. The van der Waals surface area contributed by atoms with Gasteiger partial charge in [-0.25, -0.2) is 9.78 Å². The van der Waals surface area contributed by atoms with Crippen molar-refractivity contribution >= 4 is 49.8 Å². The second kappa shape index (κ2) is 17.5. The van der Waals surface area contributed by atoms with Crippen LogP contribution in [0.5, 0.6) is 0 Å². The normalized spacial score (nSPS) is 13.4. The summed E-state index contributed by atoms with van der Waals surface area (Å²) in [5, 5.41) is 0.207. The molecule has 250 valence electrons. The zero-order chi connectivity index (χ0) is 33.1. The van der Waals surface area contributed by atoms with Crippen molar-refractivity contribution < 1.29 is 28.2 Å². The molecule has 0 unspecified atom stereocenters. The number of hydrogen-bond donors (Lipinski definition) is 0. The Hall–Kier alpha value is -0.376. The second-order valence-corrected chi connectivity index (χ2v) is 27.5. The van der Waals surface area contributed by atoms with Gasteiger partial charge < -0.3 is 18.5 Å². The van der Waals surface area contributed by atoms with Gasteiger partial charge in [-0.05, 0) is 86.0 Å². The van der Waals surface area contributed by atoms with Gasteiger partial charge in [0, 0.05) is 23.4 Å². The van der Waals surface area contributed by atoms with E-state index >= 15 is 0 Å². The summed E-state index contributed by atoms with van der Waals surface area (Å²) in [6.07, 6.45) is 3.32. The maximum Gasteiger partial charge on any atom is 0.227 e. The molecule has 0 radical (unpaired) electrons. The number of benzene rings is 1. The van der Waals surface area contributed by atoms with Crippen molar-refractivity contribution in [1.82, 2.24) is 0 Å². The predicted molar refractivity (Wildman–Crippen MR) is 191 cm³/mol. The first-order chi connectivity index (χ1) is 19.7. The van der Waals surface area contributed by atoms with E-state index in [0.29, 0.717) is 46.0 Å².